The highest BCUT2D eigenvalue weighted by Crippen LogP contribution is 2.38. The smallest absolute Gasteiger partial charge is 0.330 e. The summed E-state index contributed by atoms with van der Waals surface area (Å²) in [7, 11) is 0. The van der Waals surface area contributed by atoms with Gasteiger partial charge in [-0.2, -0.15) is 8.78 Å². The average molecular weight is 287 g/mol. The zero-order valence-corrected chi connectivity index (χ0v) is 9.06. The van der Waals surface area contributed by atoms with E-state index in [0.717, 1.165) is 12.1 Å². The molecule has 0 aliphatic rings. The Hall–Kier alpha value is -0.390. The fourth-order valence-electron chi connectivity index (χ4n) is 0.882. The van der Waals surface area contributed by atoms with Crippen LogP contribution in [0.15, 0.2) is 18.2 Å². The van der Waals surface area contributed by atoms with E-state index in [1.165, 1.54) is 6.07 Å². The van der Waals surface area contributed by atoms with Crippen molar-refractivity contribution in [2.45, 2.75) is 10.9 Å². The third kappa shape index (κ3) is 2.56. The number of rotatable bonds is 2. The van der Waals surface area contributed by atoms with Gasteiger partial charge in [-0.25, -0.2) is 0 Å². The van der Waals surface area contributed by atoms with Crippen molar-refractivity contribution in [2.24, 2.45) is 0 Å². The molecule has 78 valence electrons. The molecule has 0 fully saturated rings. The molecule has 0 bridgehead atoms. The number of hydrogen-bond acceptors (Lipinski definition) is 2. The predicted molar refractivity (Wildman–Crippen MR) is 52.0 cm³/mol. The lowest BCUT2D eigenvalue weighted by atomic mass is 10.1. The summed E-state index contributed by atoms with van der Waals surface area (Å²) in [4.78, 5) is -3.42. The van der Waals surface area contributed by atoms with Crippen LogP contribution in [0.4, 0.5) is 8.78 Å². The van der Waals surface area contributed by atoms with Gasteiger partial charge >= 0.3 is 4.83 Å². The Balaban J connectivity index is 3.03. The van der Waals surface area contributed by atoms with E-state index in [1.807, 2.05) is 15.9 Å². The third-order valence-corrected chi connectivity index (χ3v) is 2.33. The molecule has 0 heterocycles. The number of aliphatic hydroxyl groups is 1. The van der Waals surface area contributed by atoms with E-state index < -0.39 is 10.9 Å². The Bertz CT molecular complexity index is 341. The van der Waals surface area contributed by atoms with Crippen molar-refractivity contribution in [1.82, 2.24) is 0 Å². The molecule has 0 aliphatic heterocycles. The standard InChI is InChI=1S/C8H6BrClF2O2/c9-8(11,12)7(14)4-1-2-6(13)5(10)3-4/h1-3,7,13-14H. The van der Waals surface area contributed by atoms with Crippen LogP contribution in [0.25, 0.3) is 0 Å². The predicted octanol–water partition coefficient (Wildman–Crippen LogP) is 3.07. The molecular weight excluding hydrogens is 281 g/mol. The van der Waals surface area contributed by atoms with Gasteiger partial charge in [0.15, 0.2) is 6.10 Å². The van der Waals surface area contributed by atoms with Crippen molar-refractivity contribution < 1.29 is 19.0 Å². The van der Waals surface area contributed by atoms with Gasteiger partial charge in [-0.15, -0.1) is 0 Å². The summed E-state index contributed by atoms with van der Waals surface area (Å²) in [6.45, 7) is 0. The first-order valence-electron chi connectivity index (χ1n) is 3.55. The maximum Gasteiger partial charge on any atom is 0.330 e. The van der Waals surface area contributed by atoms with Crippen molar-refractivity contribution in [3.05, 3.63) is 28.8 Å². The van der Waals surface area contributed by atoms with Gasteiger partial charge in [0.1, 0.15) is 5.75 Å². The first-order valence-corrected chi connectivity index (χ1v) is 4.72. The molecule has 6 heteroatoms. The minimum absolute atomic E-state index is 0.0744. The quantitative estimate of drug-likeness (QED) is 0.821. The van der Waals surface area contributed by atoms with Gasteiger partial charge in [0.05, 0.1) is 5.02 Å². The van der Waals surface area contributed by atoms with Gasteiger partial charge in [-0.3, -0.25) is 0 Å². The number of phenols is 1. The van der Waals surface area contributed by atoms with Crippen LogP contribution in [-0.4, -0.2) is 15.0 Å². The second-order valence-corrected chi connectivity index (χ2v) is 4.12. The molecule has 0 radical (unpaired) electrons. The molecule has 0 aliphatic carbocycles. The number of hydrogen-bond donors (Lipinski definition) is 2. The maximum absolute atomic E-state index is 12.6. The minimum atomic E-state index is -3.42. The van der Waals surface area contributed by atoms with Gasteiger partial charge in [0.25, 0.3) is 0 Å². The Morgan fingerprint density at radius 1 is 1.43 bits per heavy atom. The maximum atomic E-state index is 12.6. The van der Waals surface area contributed by atoms with Crippen molar-refractivity contribution in [3.8, 4) is 5.75 Å². The fraction of sp³-hybridized carbons (Fsp3) is 0.250. The van der Waals surface area contributed by atoms with Gasteiger partial charge in [0.2, 0.25) is 0 Å². The summed E-state index contributed by atoms with van der Waals surface area (Å²) in [5.41, 5.74) is -0.0744. The molecule has 14 heavy (non-hydrogen) atoms. The monoisotopic (exact) mass is 286 g/mol. The number of aromatic hydroxyl groups is 1. The molecule has 1 unspecified atom stereocenters. The van der Waals surface area contributed by atoms with Crippen LogP contribution in [0.5, 0.6) is 5.75 Å². The Labute approximate surface area is 92.3 Å². The van der Waals surface area contributed by atoms with Gasteiger partial charge in [0, 0.05) is 0 Å². The molecule has 0 spiro atoms. The SMILES string of the molecule is Oc1ccc(C(O)C(F)(F)Br)cc1Cl. The van der Waals surface area contributed by atoms with Crippen LogP contribution >= 0.6 is 27.5 Å². The molecule has 1 aromatic carbocycles. The van der Waals surface area contributed by atoms with Crippen molar-refractivity contribution >= 4 is 27.5 Å². The molecule has 2 nitrogen and oxygen atoms in total. The summed E-state index contributed by atoms with van der Waals surface area (Å²) >= 11 is 7.52. The number of alkyl halides is 3. The van der Waals surface area contributed by atoms with E-state index in [-0.39, 0.29) is 16.3 Å². The first-order chi connectivity index (χ1) is 6.32. The average Bonchev–Trinajstić information content (AvgIpc) is 2.07. The lowest BCUT2D eigenvalue weighted by molar-refractivity contribution is -0.0294. The lowest BCUT2D eigenvalue weighted by Crippen LogP contribution is -2.18. The van der Waals surface area contributed by atoms with Crippen molar-refractivity contribution in [2.75, 3.05) is 0 Å². The summed E-state index contributed by atoms with van der Waals surface area (Å²) in [5, 5.41) is 18.1. The van der Waals surface area contributed by atoms with Gasteiger partial charge in [-0.05, 0) is 33.6 Å². The number of aliphatic hydroxyl groups excluding tert-OH is 1. The van der Waals surface area contributed by atoms with Crippen LogP contribution in [0.1, 0.15) is 11.7 Å². The lowest BCUT2D eigenvalue weighted by Gasteiger charge is -2.16. The van der Waals surface area contributed by atoms with E-state index in [1.54, 1.807) is 0 Å². The largest absolute Gasteiger partial charge is 0.506 e. The zero-order chi connectivity index (χ0) is 10.9. The molecule has 0 saturated heterocycles. The molecular formula is C8H6BrClF2O2. The van der Waals surface area contributed by atoms with Crippen molar-refractivity contribution in [3.63, 3.8) is 0 Å². The Morgan fingerprint density at radius 2 is 2.00 bits per heavy atom. The first kappa shape index (κ1) is 11.7. The molecule has 1 rings (SSSR count). The molecule has 0 amide bonds. The summed E-state index contributed by atoms with van der Waals surface area (Å²) < 4.78 is 25.2. The van der Waals surface area contributed by atoms with Crippen LogP contribution < -0.4 is 0 Å². The summed E-state index contributed by atoms with van der Waals surface area (Å²) in [5.74, 6) is -0.222. The zero-order valence-electron chi connectivity index (χ0n) is 6.72. The highest BCUT2D eigenvalue weighted by Gasteiger charge is 2.36. The van der Waals surface area contributed by atoms with Gasteiger partial charge < -0.3 is 10.2 Å². The van der Waals surface area contributed by atoms with E-state index >= 15 is 0 Å². The second kappa shape index (κ2) is 4.00. The summed E-state index contributed by atoms with van der Waals surface area (Å²) in [6, 6.07) is 3.39. The number of halogens is 4. The van der Waals surface area contributed by atoms with Crippen molar-refractivity contribution in [1.29, 1.82) is 0 Å². The molecule has 0 saturated carbocycles. The Morgan fingerprint density at radius 3 is 2.43 bits per heavy atom. The molecule has 2 N–H and O–H groups in total. The second-order valence-electron chi connectivity index (χ2n) is 2.65. The highest BCUT2D eigenvalue weighted by molar-refractivity contribution is 9.10. The fourth-order valence-corrected chi connectivity index (χ4v) is 1.34. The molecule has 1 atom stereocenters. The van der Waals surface area contributed by atoms with E-state index in [9.17, 15) is 8.78 Å². The van der Waals surface area contributed by atoms with Gasteiger partial charge in [-0.1, -0.05) is 17.7 Å². The molecule has 1 aromatic rings. The Kier molecular flexibility index (Phi) is 3.34. The van der Waals surface area contributed by atoms with Crippen LogP contribution in [0, 0.1) is 0 Å². The molecule has 0 aromatic heterocycles. The number of benzene rings is 1. The van der Waals surface area contributed by atoms with E-state index in [4.69, 9.17) is 21.8 Å². The highest BCUT2D eigenvalue weighted by atomic mass is 79.9. The third-order valence-electron chi connectivity index (χ3n) is 1.60. The van der Waals surface area contributed by atoms with Crippen LogP contribution in [-0.2, 0) is 0 Å². The topological polar surface area (TPSA) is 40.5 Å². The van der Waals surface area contributed by atoms with E-state index in [0.29, 0.717) is 0 Å². The summed E-state index contributed by atoms with van der Waals surface area (Å²) in [6.07, 6.45) is -2.00. The van der Waals surface area contributed by atoms with Crippen LogP contribution in [0.3, 0.4) is 0 Å². The minimum Gasteiger partial charge on any atom is -0.506 e. The van der Waals surface area contributed by atoms with Crippen LogP contribution in [0.2, 0.25) is 5.02 Å². The normalized spacial score (nSPS) is 14.1. The van der Waals surface area contributed by atoms with E-state index in [2.05, 4.69) is 0 Å². The number of phenolic OH excluding ortho intramolecular Hbond substituents is 1.